The van der Waals surface area contributed by atoms with Crippen molar-refractivity contribution < 1.29 is 4.39 Å². The fourth-order valence-electron chi connectivity index (χ4n) is 1.82. The Bertz CT molecular complexity index is 705. The van der Waals surface area contributed by atoms with E-state index in [1.165, 1.54) is 6.07 Å². The Hall–Kier alpha value is -2.30. The van der Waals surface area contributed by atoms with Gasteiger partial charge in [0.05, 0.1) is 5.52 Å². The summed E-state index contributed by atoms with van der Waals surface area (Å²) in [5.41, 5.74) is 1.34. The Kier molecular flexibility index (Phi) is 2.51. The second kappa shape index (κ2) is 4.18. The minimum absolute atomic E-state index is 0.284. The molecular weight excluding hydrogens is 231 g/mol. The summed E-state index contributed by atoms with van der Waals surface area (Å²) >= 11 is 0. The maximum absolute atomic E-state index is 13.7. The van der Waals surface area contributed by atoms with E-state index in [9.17, 15) is 4.39 Å². The van der Waals surface area contributed by atoms with E-state index in [-0.39, 0.29) is 5.82 Å². The number of aromatic amines is 1. The van der Waals surface area contributed by atoms with Gasteiger partial charge in [-0.2, -0.15) is 5.10 Å². The van der Waals surface area contributed by atoms with Crippen molar-refractivity contribution in [3.05, 3.63) is 42.1 Å². The molecule has 0 atom stereocenters. The SMILES string of the molecule is CCc1nc(-c2cnc3cccc(F)c3c2)n[nH]1. The number of rotatable bonds is 2. The van der Waals surface area contributed by atoms with Gasteiger partial charge < -0.3 is 0 Å². The summed E-state index contributed by atoms with van der Waals surface area (Å²) in [5.74, 6) is 1.07. The standard InChI is InChI=1S/C13H11FN4/c1-2-12-16-13(18-17-12)8-6-9-10(14)4-3-5-11(9)15-7-8/h3-7H,2H2,1H3,(H,16,17,18). The number of aryl methyl sites for hydroxylation is 1. The van der Waals surface area contributed by atoms with Crippen LogP contribution in [-0.4, -0.2) is 20.2 Å². The molecule has 4 nitrogen and oxygen atoms in total. The molecule has 0 saturated heterocycles. The van der Waals surface area contributed by atoms with Crippen LogP contribution >= 0.6 is 0 Å². The Morgan fingerprint density at radius 1 is 1.33 bits per heavy atom. The maximum Gasteiger partial charge on any atom is 0.182 e. The number of aromatic nitrogens is 4. The normalized spacial score (nSPS) is 11.0. The summed E-state index contributed by atoms with van der Waals surface area (Å²) in [7, 11) is 0. The molecule has 18 heavy (non-hydrogen) atoms. The highest BCUT2D eigenvalue weighted by molar-refractivity contribution is 5.82. The molecule has 0 bridgehead atoms. The van der Waals surface area contributed by atoms with Crippen molar-refractivity contribution in [3.63, 3.8) is 0 Å². The zero-order valence-electron chi connectivity index (χ0n) is 9.81. The van der Waals surface area contributed by atoms with Crippen molar-refractivity contribution in [1.29, 1.82) is 0 Å². The number of nitrogens with zero attached hydrogens (tertiary/aromatic N) is 3. The predicted molar refractivity (Wildman–Crippen MR) is 66.5 cm³/mol. The first-order valence-corrected chi connectivity index (χ1v) is 5.74. The molecule has 0 aliphatic rings. The number of H-pyrrole nitrogens is 1. The van der Waals surface area contributed by atoms with Crippen molar-refractivity contribution in [2.24, 2.45) is 0 Å². The largest absolute Gasteiger partial charge is 0.263 e. The van der Waals surface area contributed by atoms with Gasteiger partial charge in [-0.1, -0.05) is 13.0 Å². The zero-order chi connectivity index (χ0) is 12.5. The van der Waals surface area contributed by atoms with E-state index < -0.39 is 0 Å². The molecule has 5 heteroatoms. The Labute approximate surface area is 103 Å². The van der Waals surface area contributed by atoms with Crippen LogP contribution in [0.4, 0.5) is 4.39 Å². The Morgan fingerprint density at radius 3 is 3.00 bits per heavy atom. The summed E-state index contributed by atoms with van der Waals surface area (Å²) in [6.07, 6.45) is 2.44. The van der Waals surface area contributed by atoms with Crippen LogP contribution in [0, 0.1) is 5.82 Å². The molecule has 90 valence electrons. The van der Waals surface area contributed by atoms with Gasteiger partial charge in [-0.05, 0) is 18.2 Å². The van der Waals surface area contributed by atoms with Gasteiger partial charge in [0.25, 0.3) is 0 Å². The minimum Gasteiger partial charge on any atom is -0.263 e. The lowest BCUT2D eigenvalue weighted by Crippen LogP contribution is -1.87. The van der Waals surface area contributed by atoms with E-state index in [0.29, 0.717) is 22.3 Å². The van der Waals surface area contributed by atoms with Gasteiger partial charge in [-0.15, -0.1) is 0 Å². The minimum atomic E-state index is -0.284. The van der Waals surface area contributed by atoms with Crippen LogP contribution in [0.15, 0.2) is 30.5 Å². The van der Waals surface area contributed by atoms with Crippen molar-refractivity contribution in [2.75, 3.05) is 0 Å². The van der Waals surface area contributed by atoms with Gasteiger partial charge in [0.1, 0.15) is 11.6 Å². The van der Waals surface area contributed by atoms with Crippen LogP contribution in [0.5, 0.6) is 0 Å². The molecule has 3 rings (SSSR count). The van der Waals surface area contributed by atoms with Gasteiger partial charge in [-0.3, -0.25) is 10.1 Å². The van der Waals surface area contributed by atoms with Crippen LogP contribution in [-0.2, 0) is 6.42 Å². The molecule has 1 aromatic carbocycles. The lowest BCUT2D eigenvalue weighted by Gasteiger charge is -2.00. The molecule has 1 N–H and O–H groups in total. The number of hydrogen-bond acceptors (Lipinski definition) is 3. The molecule has 0 fully saturated rings. The van der Waals surface area contributed by atoms with Crippen LogP contribution in [0.25, 0.3) is 22.3 Å². The second-order valence-corrected chi connectivity index (χ2v) is 3.99. The van der Waals surface area contributed by atoms with Gasteiger partial charge >= 0.3 is 0 Å². The average molecular weight is 242 g/mol. The van der Waals surface area contributed by atoms with Crippen molar-refractivity contribution in [3.8, 4) is 11.4 Å². The Morgan fingerprint density at radius 2 is 2.22 bits per heavy atom. The first-order chi connectivity index (χ1) is 8.78. The third-order valence-corrected chi connectivity index (χ3v) is 2.80. The van der Waals surface area contributed by atoms with E-state index in [4.69, 9.17) is 0 Å². The Balaban J connectivity index is 2.15. The number of pyridine rings is 1. The highest BCUT2D eigenvalue weighted by atomic mass is 19.1. The van der Waals surface area contributed by atoms with Crippen LogP contribution in [0.1, 0.15) is 12.7 Å². The lowest BCUT2D eigenvalue weighted by molar-refractivity contribution is 0.639. The molecule has 0 unspecified atom stereocenters. The summed E-state index contributed by atoms with van der Waals surface area (Å²) in [4.78, 5) is 8.53. The third-order valence-electron chi connectivity index (χ3n) is 2.80. The molecule has 2 aromatic heterocycles. The smallest absolute Gasteiger partial charge is 0.182 e. The highest BCUT2D eigenvalue weighted by Crippen LogP contribution is 2.21. The number of fused-ring (bicyclic) bond motifs is 1. The molecule has 0 amide bonds. The number of nitrogens with one attached hydrogen (secondary N) is 1. The van der Waals surface area contributed by atoms with Crippen molar-refractivity contribution >= 4 is 10.9 Å². The van der Waals surface area contributed by atoms with E-state index in [1.807, 2.05) is 6.92 Å². The number of benzene rings is 1. The molecule has 2 heterocycles. The van der Waals surface area contributed by atoms with Crippen LogP contribution in [0.2, 0.25) is 0 Å². The third kappa shape index (κ3) is 1.73. The topological polar surface area (TPSA) is 54.5 Å². The quantitative estimate of drug-likeness (QED) is 0.751. The van der Waals surface area contributed by atoms with E-state index in [1.54, 1.807) is 24.4 Å². The van der Waals surface area contributed by atoms with Crippen LogP contribution < -0.4 is 0 Å². The highest BCUT2D eigenvalue weighted by Gasteiger charge is 2.08. The predicted octanol–water partition coefficient (Wildman–Crippen LogP) is 2.72. The van der Waals surface area contributed by atoms with Gasteiger partial charge in [0.2, 0.25) is 0 Å². The van der Waals surface area contributed by atoms with Crippen molar-refractivity contribution in [1.82, 2.24) is 20.2 Å². The summed E-state index contributed by atoms with van der Waals surface area (Å²) in [6, 6.07) is 6.56. The fraction of sp³-hybridized carbons (Fsp3) is 0.154. The summed E-state index contributed by atoms with van der Waals surface area (Å²) < 4.78 is 13.7. The monoisotopic (exact) mass is 242 g/mol. The van der Waals surface area contributed by atoms with Crippen LogP contribution in [0.3, 0.4) is 0 Å². The fourth-order valence-corrected chi connectivity index (χ4v) is 1.82. The van der Waals surface area contributed by atoms with Crippen molar-refractivity contribution in [2.45, 2.75) is 13.3 Å². The maximum atomic E-state index is 13.7. The first kappa shape index (κ1) is 10.8. The molecule has 0 aliphatic heterocycles. The second-order valence-electron chi connectivity index (χ2n) is 3.99. The van der Waals surface area contributed by atoms with E-state index in [2.05, 4.69) is 20.2 Å². The molecule has 0 saturated carbocycles. The zero-order valence-corrected chi connectivity index (χ0v) is 9.81. The molecule has 0 radical (unpaired) electrons. The molecule has 0 spiro atoms. The lowest BCUT2D eigenvalue weighted by atomic mass is 10.1. The van der Waals surface area contributed by atoms with E-state index in [0.717, 1.165) is 12.2 Å². The number of halogens is 1. The summed E-state index contributed by atoms with van der Waals surface area (Å²) in [6.45, 7) is 1.99. The van der Waals surface area contributed by atoms with Gasteiger partial charge in [0.15, 0.2) is 5.82 Å². The average Bonchev–Trinajstić information content (AvgIpc) is 2.88. The molecule has 3 aromatic rings. The van der Waals surface area contributed by atoms with Gasteiger partial charge in [0, 0.05) is 23.6 Å². The molecular formula is C13H11FN4. The first-order valence-electron chi connectivity index (χ1n) is 5.74. The molecule has 0 aliphatic carbocycles. The summed E-state index contributed by atoms with van der Waals surface area (Å²) in [5, 5.41) is 7.41. The number of hydrogen-bond donors (Lipinski definition) is 1. The van der Waals surface area contributed by atoms with Gasteiger partial charge in [-0.25, -0.2) is 9.37 Å². The van der Waals surface area contributed by atoms with E-state index >= 15 is 0 Å².